The highest BCUT2D eigenvalue weighted by atomic mass is 16.4. The van der Waals surface area contributed by atoms with E-state index in [9.17, 15) is 9.59 Å². The van der Waals surface area contributed by atoms with Crippen LogP contribution in [0.25, 0.3) is 0 Å². The Hall–Kier alpha value is -1.06. The molecule has 2 fully saturated rings. The number of carbonyl (C=O) groups is 2. The number of carboxylic acid groups (broad SMARTS) is 1. The van der Waals surface area contributed by atoms with E-state index in [1.54, 1.807) is 0 Å². The smallest absolute Gasteiger partial charge is 0.326 e. The predicted octanol–water partition coefficient (Wildman–Crippen LogP) is 1.55. The van der Waals surface area contributed by atoms with Gasteiger partial charge in [-0.1, -0.05) is 6.42 Å². The van der Waals surface area contributed by atoms with Gasteiger partial charge in [0.05, 0.1) is 0 Å². The van der Waals surface area contributed by atoms with Gasteiger partial charge in [0.2, 0.25) is 5.91 Å². The molecule has 2 aliphatic rings. The molecule has 2 saturated carbocycles. The fraction of sp³-hybridized carbons (Fsp3) is 0.833. The van der Waals surface area contributed by atoms with Gasteiger partial charge in [-0.15, -0.1) is 0 Å². The first-order valence-electron chi connectivity index (χ1n) is 6.01. The molecule has 90 valence electrons. The van der Waals surface area contributed by atoms with Crippen molar-refractivity contribution in [1.82, 2.24) is 5.32 Å². The van der Waals surface area contributed by atoms with E-state index in [0.29, 0.717) is 17.8 Å². The highest BCUT2D eigenvalue weighted by Gasteiger charge is 2.48. The lowest BCUT2D eigenvalue weighted by Gasteiger charge is -2.54. The number of aliphatic carboxylic acids is 1. The van der Waals surface area contributed by atoms with Crippen molar-refractivity contribution in [2.75, 3.05) is 0 Å². The molecule has 2 N–H and O–H groups in total. The lowest BCUT2D eigenvalue weighted by atomic mass is 9.51. The minimum absolute atomic E-state index is 0.259. The van der Waals surface area contributed by atoms with Gasteiger partial charge in [-0.2, -0.15) is 0 Å². The first-order chi connectivity index (χ1) is 7.51. The lowest BCUT2D eigenvalue weighted by molar-refractivity contribution is -0.143. The van der Waals surface area contributed by atoms with Gasteiger partial charge in [0.1, 0.15) is 6.04 Å². The van der Waals surface area contributed by atoms with Crippen molar-refractivity contribution in [3.63, 3.8) is 0 Å². The molecular formula is C12H19NO3. The van der Waals surface area contributed by atoms with Crippen LogP contribution in [0.2, 0.25) is 0 Å². The van der Waals surface area contributed by atoms with Crippen LogP contribution in [0, 0.1) is 11.3 Å². The summed E-state index contributed by atoms with van der Waals surface area (Å²) in [4.78, 5) is 21.8. The number of hydrogen-bond donors (Lipinski definition) is 2. The van der Waals surface area contributed by atoms with E-state index in [0.717, 1.165) is 12.8 Å². The van der Waals surface area contributed by atoms with Gasteiger partial charge in [-0.05, 0) is 43.4 Å². The first kappa shape index (κ1) is 11.4. The van der Waals surface area contributed by atoms with E-state index >= 15 is 0 Å². The monoisotopic (exact) mass is 225 g/mol. The van der Waals surface area contributed by atoms with Crippen LogP contribution < -0.4 is 5.32 Å². The summed E-state index contributed by atoms with van der Waals surface area (Å²) < 4.78 is 0. The van der Waals surface area contributed by atoms with Crippen molar-refractivity contribution in [2.45, 2.75) is 51.5 Å². The van der Waals surface area contributed by atoms with Crippen molar-refractivity contribution >= 4 is 11.9 Å². The van der Waals surface area contributed by atoms with E-state index < -0.39 is 12.0 Å². The van der Waals surface area contributed by atoms with Gasteiger partial charge in [0.15, 0.2) is 0 Å². The normalized spacial score (nSPS) is 24.3. The quantitative estimate of drug-likeness (QED) is 0.762. The number of carbonyl (C=O) groups excluding carboxylic acids is 1. The molecule has 1 atom stereocenters. The fourth-order valence-corrected chi connectivity index (χ4v) is 3.22. The number of carboxylic acids is 1. The molecule has 1 unspecified atom stereocenters. The van der Waals surface area contributed by atoms with Crippen molar-refractivity contribution < 1.29 is 14.7 Å². The molecule has 0 aromatic rings. The first-order valence-corrected chi connectivity index (χ1v) is 6.01. The molecule has 1 amide bonds. The third-order valence-electron chi connectivity index (χ3n) is 4.10. The largest absolute Gasteiger partial charge is 0.480 e. The SMILES string of the molecule is CC(=O)NC(CC1CC2(CCC2)C1)C(=O)O. The van der Waals surface area contributed by atoms with E-state index in [-0.39, 0.29) is 5.91 Å². The van der Waals surface area contributed by atoms with E-state index in [1.165, 1.54) is 26.2 Å². The summed E-state index contributed by atoms with van der Waals surface area (Å²) in [7, 11) is 0. The molecule has 2 rings (SSSR count). The number of rotatable bonds is 4. The molecule has 4 nitrogen and oxygen atoms in total. The molecule has 0 aromatic carbocycles. The van der Waals surface area contributed by atoms with Gasteiger partial charge < -0.3 is 10.4 Å². The Kier molecular flexibility index (Phi) is 2.91. The molecule has 1 spiro atoms. The summed E-state index contributed by atoms with van der Waals surface area (Å²) >= 11 is 0. The standard InChI is InChI=1S/C12H19NO3/c1-8(14)13-10(11(15)16)5-9-6-12(7-9)3-2-4-12/h9-10H,2-7H2,1H3,(H,13,14)(H,15,16). The highest BCUT2D eigenvalue weighted by molar-refractivity contribution is 5.82. The Morgan fingerprint density at radius 2 is 2.06 bits per heavy atom. The molecule has 0 radical (unpaired) electrons. The van der Waals surface area contributed by atoms with E-state index in [2.05, 4.69) is 5.32 Å². The zero-order valence-corrected chi connectivity index (χ0v) is 9.66. The molecule has 16 heavy (non-hydrogen) atoms. The second-order valence-corrected chi connectivity index (χ2v) is 5.45. The molecule has 0 aliphatic heterocycles. The van der Waals surface area contributed by atoms with Crippen molar-refractivity contribution in [3.8, 4) is 0 Å². The van der Waals surface area contributed by atoms with Crippen LogP contribution in [0.15, 0.2) is 0 Å². The van der Waals surface area contributed by atoms with Crippen LogP contribution >= 0.6 is 0 Å². The minimum Gasteiger partial charge on any atom is -0.480 e. The van der Waals surface area contributed by atoms with Gasteiger partial charge in [-0.3, -0.25) is 4.79 Å². The summed E-state index contributed by atoms with van der Waals surface area (Å²) in [6.07, 6.45) is 6.90. The maximum atomic E-state index is 10.9. The second-order valence-electron chi connectivity index (χ2n) is 5.45. The number of nitrogens with one attached hydrogen (secondary N) is 1. The summed E-state index contributed by atoms with van der Waals surface area (Å²) in [6, 6.07) is -0.695. The van der Waals surface area contributed by atoms with E-state index in [1.807, 2.05) is 0 Å². The molecule has 2 aliphatic carbocycles. The Bertz CT molecular complexity index is 301. The van der Waals surface area contributed by atoms with E-state index in [4.69, 9.17) is 5.11 Å². The molecule has 0 bridgehead atoms. The minimum atomic E-state index is -0.912. The molecule has 4 heteroatoms. The summed E-state index contributed by atoms with van der Waals surface area (Å²) in [6.45, 7) is 1.37. The van der Waals surface area contributed by atoms with Gasteiger partial charge in [0, 0.05) is 6.92 Å². The van der Waals surface area contributed by atoms with Gasteiger partial charge >= 0.3 is 5.97 Å². The average Bonchev–Trinajstić information content (AvgIpc) is 2.03. The highest BCUT2D eigenvalue weighted by Crippen LogP contribution is 2.59. The Morgan fingerprint density at radius 3 is 2.44 bits per heavy atom. The summed E-state index contributed by atoms with van der Waals surface area (Å²) in [5, 5.41) is 11.5. The van der Waals surface area contributed by atoms with Crippen molar-refractivity contribution in [1.29, 1.82) is 0 Å². The zero-order chi connectivity index (χ0) is 11.8. The van der Waals surface area contributed by atoms with Gasteiger partial charge in [-0.25, -0.2) is 4.79 Å². The third kappa shape index (κ3) is 2.20. The zero-order valence-electron chi connectivity index (χ0n) is 9.66. The molecule has 0 saturated heterocycles. The van der Waals surface area contributed by atoms with Crippen LogP contribution in [-0.4, -0.2) is 23.0 Å². The van der Waals surface area contributed by atoms with Crippen molar-refractivity contribution in [2.24, 2.45) is 11.3 Å². The summed E-state index contributed by atoms with van der Waals surface area (Å²) in [5.74, 6) is -0.678. The molecule has 0 heterocycles. The Labute approximate surface area is 95.4 Å². The Balaban J connectivity index is 1.78. The maximum Gasteiger partial charge on any atom is 0.326 e. The average molecular weight is 225 g/mol. The second kappa shape index (κ2) is 4.07. The predicted molar refractivity (Wildman–Crippen MR) is 58.9 cm³/mol. The number of hydrogen-bond acceptors (Lipinski definition) is 2. The van der Waals surface area contributed by atoms with Gasteiger partial charge in [0.25, 0.3) is 0 Å². The molecule has 0 aromatic heterocycles. The van der Waals surface area contributed by atoms with Crippen LogP contribution in [0.4, 0.5) is 0 Å². The number of amides is 1. The lowest BCUT2D eigenvalue weighted by Crippen LogP contribution is -2.47. The fourth-order valence-electron chi connectivity index (χ4n) is 3.22. The van der Waals surface area contributed by atoms with Crippen LogP contribution in [0.1, 0.15) is 45.4 Å². The van der Waals surface area contributed by atoms with Crippen LogP contribution in [0.5, 0.6) is 0 Å². The third-order valence-corrected chi connectivity index (χ3v) is 4.10. The Morgan fingerprint density at radius 1 is 1.44 bits per heavy atom. The summed E-state index contributed by atoms with van der Waals surface area (Å²) in [5.41, 5.74) is 0.573. The van der Waals surface area contributed by atoms with Crippen molar-refractivity contribution in [3.05, 3.63) is 0 Å². The van der Waals surface area contributed by atoms with Crippen LogP contribution in [-0.2, 0) is 9.59 Å². The molecular weight excluding hydrogens is 206 g/mol. The maximum absolute atomic E-state index is 10.9. The van der Waals surface area contributed by atoms with Crippen LogP contribution in [0.3, 0.4) is 0 Å². The topological polar surface area (TPSA) is 66.4 Å².